The van der Waals surface area contributed by atoms with Gasteiger partial charge in [-0.05, 0) is 37.3 Å². The minimum absolute atomic E-state index is 0.0916. The molecule has 0 bridgehead atoms. The van der Waals surface area contributed by atoms with Gasteiger partial charge >= 0.3 is 5.97 Å². The Hall–Kier alpha value is -2.71. The number of ether oxygens (including phenoxy) is 1. The molecule has 0 aliphatic heterocycles. The second kappa shape index (κ2) is 8.11. The van der Waals surface area contributed by atoms with Gasteiger partial charge in [0.15, 0.2) is 0 Å². The number of carbonyl (C=O) groups is 2. The summed E-state index contributed by atoms with van der Waals surface area (Å²) in [6.45, 7) is 1.56. The average molecular weight is 376 g/mol. The van der Waals surface area contributed by atoms with E-state index in [1.165, 1.54) is 38.4 Å². The maximum atomic E-state index is 12.6. The lowest BCUT2D eigenvalue weighted by Gasteiger charge is -2.17. The zero-order chi connectivity index (χ0) is 19.3. The van der Waals surface area contributed by atoms with Crippen molar-refractivity contribution in [1.82, 2.24) is 4.31 Å². The first-order valence-electron chi connectivity index (χ1n) is 7.75. The number of hydrogen-bond donors (Lipinski definition) is 1. The van der Waals surface area contributed by atoms with E-state index in [1.807, 2.05) is 19.1 Å². The molecule has 26 heavy (non-hydrogen) atoms. The number of nitrogens with zero attached hydrogens (tertiary/aromatic N) is 1. The highest BCUT2D eigenvalue weighted by Crippen LogP contribution is 2.17. The monoisotopic (exact) mass is 376 g/mol. The van der Waals surface area contributed by atoms with Gasteiger partial charge < -0.3 is 10.1 Å². The third-order valence-electron chi connectivity index (χ3n) is 3.66. The first-order chi connectivity index (χ1) is 12.2. The van der Waals surface area contributed by atoms with Crippen molar-refractivity contribution in [2.75, 3.05) is 26.0 Å². The molecule has 0 fully saturated rings. The molecule has 0 unspecified atom stereocenters. The van der Waals surface area contributed by atoms with Crippen LogP contribution in [0.15, 0.2) is 53.4 Å². The Balaban J connectivity index is 2.12. The van der Waals surface area contributed by atoms with E-state index >= 15 is 0 Å². The number of amides is 1. The summed E-state index contributed by atoms with van der Waals surface area (Å²) in [6.07, 6.45) is 0. The molecule has 0 aliphatic carbocycles. The number of aryl methyl sites for hydroxylation is 1. The van der Waals surface area contributed by atoms with Gasteiger partial charge in [0.25, 0.3) is 0 Å². The lowest BCUT2D eigenvalue weighted by atomic mass is 10.2. The molecule has 0 spiro atoms. The van der Waals surface area contributed by atoms with Crippen molar-refractivity contribution in [2.24, 2.45) is 0 Å². The second-order valence-electron chi connectivity index (χ2n) is 5.69. The molecule has 0 atom stereocenters. The Morgan fingerprint density at radius 1 is 1.12 bits per heavy atom. The number of likely N-dealkylation sites (N-methyl/N-ethyl adjacent to an activating group) is 1. The summed E-state index contributed by atoms with van der Waals surface area (Å²) in [5.74, 6) is -1.11. The minimum Gasteiger partial charge on any atom is -0.465 e. The quantitative estimate of drug-likeness (QED) is 0.779. The number of hydrogen-bond acceptors (Lipinski definition) is 5. The molecule has 0 saturated heterocycles. The molecule has 0 aromatic heterocycles. The van der Waals surface area contributed by atoms with E-state index < -0.39 is 21.9 Å². The van der Waals surface area contributed by atoms with Gasteiger partial charge in [0.1, 0.15) is 0 Å². The highest BCUT2D eigenvalue weighted by molar-refractivity contribution is 7.89. The normalized spacial score (nSPS) is 11.2. The Labute approximate surface area is 152 Å². The van der Waals surface area contributed by atoms with Crippen molar-refractivity contribution >= 4 is 27.6 Å². The van der Waals surface area contributed by atoms with Crippen LogP contribution in [0.25, 0.3) is 0 Å². The zero-order valence-electron chi connectivity index (χ0n) is 14.7. The topological polar surface area (TPSA) is 92.8 Å². The minimum atomic E-state index is -3.93. The van der Waals surface area contributed by atoms with Crippen LogP contribution in [0.4, 0.5) is 5.69 Å². The summed E-state index contributed by atoms with van der Waals surface area (Å²) in [4.78, 5) is 23.6. The van der Waals surface area contributed by atoms with Gasteiger partial charge in [0.05, 0.1) is 24.1 Å². The smallest absolute Gasteiger partial charge is 0.337 e. The van der Waals surface area contributed by atoms with E-state index in [1.54, 1.807) is 12.1 Å². The van der Waals surface area contributed by atoms with E-state index in [9.17, 15) is 18.0 Å². The predicted molar refractivity (Wildman–Crippen MR) is 97.4 cm³/mol. The highest BCUT2D eigenvalue weighted by atomic mass is 32.2. The van der Waals surface area contributed by atoms with Gasteiger partial charge in [0.2, 0.25) is 15.9 Å². The van der Waals surface area contributed by atoms with E-state index in [2.05, 4.69) is 10.1 Å². The van der Waals surface area contributed by atoms with Crippen LogP contribution in [0.1, 0.15) is 15.9 Å². The van der Waals surface area contributed by atoms with Crippen LogP contribution in [-0.4, -0.2) is 45.3 Å². The van der Waals surface area contributed by atoms with Crippen molar-refractivity contribution < 1.29 is 22.7 Å². The summed E-state index contributed by atoms with van der Waals surface area (Å²) in [5.41, 5.74) is 1.75. The first-order valence-corrected chi connectivity index (χ1v) is 9.19. The molecule has 7 nitrogen and oxygen atoms in total. The third kappa shape index (κ3) is 4.68. The zero-order valence-corrected chi connectivity index (χ0v) is 15.5. The fourth-order valence-electron chi connectivity index (χ4n) is 2.21. The van der Waals surface area contributed by atoms with Gasteiger partial charge in [-0.3, -0.25) is 4.79 Å². The van der Waals surface area contributed by atoms with E-state index in [4.69, 9.17) is 0 Å². The van der Waals surface area contributed by atoms with Crippen LogP contribution < -0.4 is 5.32 Å². The number of methoxy groups -OCH3 is 1. The summed E-state index contributed by atoms with van der Waals surface area (Å²) in [6, 6.07) is 12.6. The molecule has 1 N–H and O–H groups in total. The summed E-state index contributed by atoms with van der Waals surface area (Å²) >= 11 is 0. The van der Waals surface area contributed by atoms with Crippen molar-refractivity contribution in [2.45, 2.75) is 11.8 Å². The number of sulfonamides is 1. The SMILES string of the molecule is COC(=O)c1cccc(S(=O)(=O)N(C)CC(=O)Nc2ccc(C)cc2)c1. The molecule has 0 radical (unpaired) electrons. The largest absolute Gasteiger partial charge is 0.465 e. The van der Waals surface area contributed by atoms with Crippen LogP contribution in [0.5, 0.6) is 0 Å². The molecule has 1 amide bonds. The Morgan fingerprint density at radius 3 is 2.38 bits per heavy atom. The van der Waals surface area contributed by atoms with Crippen LogP contribution in [-0.2, 0) is 19.6 Å². The van der Waals surface area contributed by atoms with Crippen molar-refractivity contribution in [3.63, 3.8) is 0 Å². The third-order valence-corrected chi connectivity index (χ3v) is 5.46. The summed E-state index contributed by atoms with van der Waals surface area (Å²) < 4.78 is 30.8. The number of nitrogens with one attached hydrogen (secondary N) is 1. The molecule has 2 aromatic carbocycles. The maximum Gasteiger partial charge on any atom is 0.337 e. The average Bonchev–Trinajstić information content (AvgIpc) is 2.62. The summed E-state index contributed by atoms with van der Waals surface area (Å²) in [5, 5.41) is 2.64. The molecule has 8 heteroatoms. The van der Waals surface area contributed by atoms with Crippen LogP contribution in [0, 0.1) is 6.92 Å². The van der Waals surface area contributed by atoms with Gasteiger partial charge in [0, 0.05) is 12.7 Å². The van der Waals surface area contributed by atoms with Crippen molar-refractivity contribution in [3.8, 4) is 0 Å². The Bertz CT molecular complexity index is 907. The molecule has 0 heterocycles. The van der Waals surface area contributed by atoms with E-state index in [0.29, 0.717) is 5.69 Å². The number of anilines is 1. The van der Waals surface area contributed by atoms with Crippen molar-refractivity contribution in [1.29, 1.82) is 0 Å². The fourth-order valence-corrected chi connectivity index (χ4v) is 3.38. The second-order valence-corrected chi connectivity index (χ2v) is 7.74. The molecule has 0 aliphatic rings. The lowest BCUT2D eigenvalue weighted by Crippen LogP contribution is -2.35. The predicted octanol–water partition coefficient (Wildman–Crippen LogP) is 2.04. The van der Waals surface area contributed by atoms with Gasteiger partial charge in [-0.15, -0.1) is 0 Å². The Morgan fingerprint density at radius 2 is 1.77 bits per heavy atom. The fraction of sp³-hybridized carbons (Fsp3) is 0.222. The molecular weight excluding hydrogens is 356 g/mol. The molecule has 138 valence electrons. The standard InChI is InChI=1S/C18H20N2O5S/c1-13-7-9-15(10-8-13)19-17(21)12-20(2)26(23,24)16-6-4-5-14(11-16)18(22)25-3/h4-11H,12H2,1-3H3,(H,19,21). The van der Waals surface area contributed by atoms with Gasteiger partial charge in [-0.1, -0.05) is 23.8 Å². The van der Waals surface area contributed by atoms with Gasteiger partial charge in [-0.25, -0.2) is 13.2 Å². The first kappa shape index (κ1) is 19.6. The molecule has 0 saturated carbocycles. The molecule has 2 aromatic rings. The van der Waals surface area contributed by atoms with E-state index in [0.717, 1.165) is 9.87 Å². The van der Waals surface area contributed by atoms with Crippen molar-refractivity contribution in [3.05, 3.63) is 59.7 Å². The Kier molecular flexibility index (Phi) is 6.12. The maximum absolute atomic E-state index is 12.6. The summed E-state index contributed by atoms with van der Waals surface area (Å²) in [7, 11) is -1.42. The number of carbonyl (C=O) groups excluding carboxylic acids is 2. The van der Waals surface area contributed by atoms with E-state index in [-0.39, 0.29) is 17.0 Å². The molecular formula is C18H20N2O5S. The van der Waals surface area contributed by atoms with Crippen LogP contribution in [0.2, 0.25) is 0 Å². The lowest BCUT2D eigenvalue weighted by molar-refractivity contribution is -0.116. The van der Waals surface area contributed by atoms with Gasteiger partial charge in [-0.2, -0.15) is 4.31 Å². The molecule has 2 rings (SSSR count). The highest BCUT2D eigenvalue weighted by Gasteiger charge is 2.24. The number of rotatable bonds is 6. The van der Waals surface area contributed by atoms with Crippen LogP contribution in [0.3, 0.4) is 0 Å². The van der Waals surface area contributed by atoms with Crippen LogP contribution >= 0.6 is 0 Å². The number of esters is 1. The number of benzene rings is 2.